The Hall–Kier alpha value is -2.29. The van der Waals surface area contributed by atoms with Crippen molar-refractivity contribution in [2.24, 2.45) is 5.10 Å². The van der Waals surface area contributed by atoms with Crippen molar-refractivity contribution in [1.29, 1.82) is 0 Å². The van der Waals surface area contributed by atoms with Crippen molar-refractivity contribution < 1.29 is 19.0 Å². The third-order valence-electron chi connectivity index (χ3n) is 3.61. The van der Waals surface area contributed by atoms with Crippen molar-refractivity contribution in [2.75, 3.05) is 13.7 Å². The molecule has 0 aromatic heterocycles. The highest BCUT2D eigenvalue weighted by atomic mass is 127. The number of halogens is 1. The molecule has 0 saturated heterocycles. The molecular weight excluding hydrogens is 471 g/mol. The lowest BCUT2D eigenvalue weighted by atomic mass is 10.1. The standard InChI is InChI=1S/C21H25IN2O4/c1-5-27-17-8-6-15(7-9-17)12-20(25)24-23-13-16-10-18(22)21(28-14(2)3)19(11-16)26-4/h6-11,13-14H,5,12H2,1-4H3,(H,24,25)/b23-13-. The van der Waals surface area contributed by atoms with Crippen LogP contribution in [0.15, 0.2) is 41.5 Å². The molecule has 0 saturated carbocycles. The van der Waals surface area contributed by atoms with Gasteiger partial charge in [0.2, 0.25) is 5.91 Å². The first-order valence-electron chi connectivity index (χ1n) is 9.00. The maximum atomic E-state index is 12.1. The number of ether oxygens (including phenoxy) is 3. The van der Waals surface area contributed by atoms with Crippen molar-refractivity contribution in [3.63, 3.8) is 0 Å². The van der Waals surface area contributed by atoms with E-state index in [0.29, 0.717) is 18.1 Å². The van der Waals surface area contributed by atoms with Gasteiger partial charge in [-0.05, 0) is 78.8 Å². The second-order valence-electron chi connectivity index (χ2n) is 6.25. The van der Waals surface area contributed by atoms with Gasteiger partial charge >= 0.3 is 0 Å². The number of benzene rings is 2. The van der Waals surface area contributed by atoms with Crippen molar-refractivity contribution in [3.8, 4) is 17.2 Å². The quantitative estimate of drug-likeness (QED) is 0.322. The Morgan fingerprint density at radius 3 is 2.57 bits per heavy atom. The molecular formula is C21H25IN2O4. The van der Waals surface area contributed by atoms with E-state index in [-0.39, 0.29) is 18.4 Å². The highest BCUT2D eigenvalue weighted by molar-refractivity contribution is 14.1. The van der Waals surface area contributed by atoms with E-state index in [4.69, 9.17) is 14.2 Å². The van der Waals surface area contributed by atoms with Gasteiger partial charge in [-0.25, -0.2) is 5.43 Å². The molecule has 0 radical (unpaired) electrons. The zero-order valence-electron chi connectivity index (χ0n) is 16.5. The lowest BCUT2D eigenvalue weighted by Crippen LogP contribution is -2.19. The van der Waals surface area contributed by atoms with Crippen LogP contribution in [0.2, 0.25) is 0 Å². The van der Waals surface area contributed by atoms with E-state index in [9.17, 15) is 4.79 Å². The smallest absolute Gasteiger partial charge is 0.244 e. The predicted molar refractivity (Wildman–Crippen MR) is 119 cm³/mol. The van der Waals surface area contributed by atoms with E-state index < -0.39 is 0 Å². The van der Waals surface area contributed by atoms with Crippen LogP contribution in [0.5, 0.6) is 17.2 Å². The van der Waals surface area contributed by atoms with Crippen molar-refractivity contribution in [3.05, 3.63) is 51.1 Å². The van der Waals surface area contributed by atoms with Gasteiger partial charge in [-0.15, -0.1) is 0 Å². The number of amides is 1. The van der Waals surface area contributed by atoms with Gasteiger partial charge in [-0.2, -0.15) is 5.10 Å². The average molecular weight is 496 g/mol. The molecule has 1 amide bonds. The summed E-state index contributed by atoms with van der Waals surface area (Å²) < 4.78 is 17.5. The normalized spacial score (nSPS) is 10.9. The van der Waals surface area contributed by atoms with E-state index in [1.807, 2.05) is 57.2 Å². The van der Waals surface area contributed by atoms with E-state index in [1.54, 1.807) is 13.3 Å². The molecule has 150 valence electrons. The number of carbonyl (C=O) groups is 1. The molecule has 0 unspecified atom stereocenters. The molecule has 0 fully saturated rings. The fraction of sp³-hybridized carbons (Fsp3) is 0.333. The van der Waals surface area contributed by atoms with E-state index in [0.717, 1.165) is 20.4 Å². The molecule has 2 aromatic rings. The Balaban J connectivity index is 1.97. The molecule has 2 rings (SSSR count). The van der Waals surface area contributed by atoms with Crippen LogP contribution in [0.1, 0.15) is 31.9 Å². The second kappa shape index (κ2) is 10.9. The summed E-state index contributed by atoms with van der Waals surface area (Å²) in [5.74, 6) is 1.93. The zero-order chi connectivity index (χ0) is 20.5. The number of carbonyl (C=O) groups excluding carboxylic acids is 1. The SMILES string of the molecule is CCOc1ccc(CC(=O)N/N=C\c2cc(I)c(OC(C)C)c(OC)c2)cc1. The zero-order valence-corrected chi connectivity index (χ0v) is 18.6. The number of hydrogen-bond acceptors (Lipinski definition) is 5. The molecule has 0 spiro atoms. The van der Waals surface area contributed by atoms with Crippen molar-refractivity contribution in [1.82, 2.24) is 5.43 Å². The molecule has 0 atom stereocenters. The molecule has 0 aliphatic carbocycles. The van der Waals surface area contributed by atoms with E-state index in [2.05, 4.69) is 33.1 Å². The number of methoxy groups -OCH3 is 1. The molecule has 6 nitrogen and oxygen atoms in total. The average Bonchev–Trinajstić information content (AvgIpc) is 2.65. The molecule has 28 heavy (non-hydrogen) atoms. The minimum atomic E-state index is -0.193. The molecule has 2 aromatic carbocycles. The third-order valence-corrected chi connectivity index (χ3v) is 4.41. The van der Waals surface area contributed by atoms with Gasteiger partial charge in [0.25, 0.3) is 0 Å². The monoisotopic (exact) mass is 496 g/mol. The van der Waals surface area contributed by atoms with Gasteiger partial charge in [0, 0.05) is 0 Å². The van der Waals surface area contributed by atoms with Crippen LogP contribution >= 0.6 is 22.6 Å². The van der Waals surface area contributed by atoms with Crippen LogP contribution in [-0.4, -0.2) is 31.9 Å². The summed E-state index contributed by atoms with van der Waals surface area (Å²) >= 11 is 2.19. The maximum absolute atomic E-state index is 12.1. The Kier molecular flexibility index (Phi) is 8.56. The maximum Gasteiger partial charge on any atom is 0.244 e. The van der Waals surface area contributed by atoms with Gasteiger partial charge < -0.3 is 14.2 Å². The minimum absolute atomic E-state index is 0.0452. The summed E-state index contributed by atoms with van der Waals surface area (Å²) in [6, 6.07) is 11.2. The summed E-state index contributed by atoms with van der Waals surface area (Å²) in [7, 11) is 1.60. The molecule has 0 bridgehead atoms. The molecule has 0 aliphatic heterocycles. The van der Waals surface area contributed by atoms with E-state index >= 15 is 0 Å². The van der Waals surface area contributed by atoms with Crippen LogP contribution in [0.4, 0.5) is 0 Å². The first-order valence-corrected chi connectivity index (χ1v) is 10.1. The lowest BCUT2D eigenvalue weighted by Gasteiger charge is -2.15. The summed E-state index contributed by atoms with van der Waals surface area (Å²) in [5, 5.41) is 4.04. The fourth-order valence-corrected chi connectivity index (χ4v) is 3.19. The molecule has 1 N–H and O–H groups in total. The Bertz CT molecular complexity index is 820. The fourth-order valence-electron chi connectivity index (χ4n) is 2.44. The van der Waals surface area contributed by atoms with Gasteiger partial charge in [0.1, 0.15) is 5.75 Å². The second-order valence-corrected chi connectivity index (χ2v) is 7.41. The summed E-state index contributed by atoms with van der Waals surface area (Å²) in [6.45, 7) is 6.47. The Morgan fingerprint density at radius 1 is 1.25 bits per heavy atom. The number of hydrazone groups is 1. The number of nitrogens with one attached hydrogen (secondary N) is 1. The van der Waals surface area contributed by atoms with Gasteiger partial charge in [-0.3, -0.25) is 4.79 Å². The highest BCUT2D eigenvalue weighted by Crippen LogP contribution is 2.34. The number of nitrogens with zero attached hydrogens (tertiary/aromatic N) is 1. The third kappa shape index (κ3) is 6.70. The van der Waals surface area contributed by atoms with Crippen molar-refractivity contribution in [2.45, 2.75) is 33.3 Å². The van der Waals surface area contributed by atoms with Gasteiger partial charge in [0.15, 0.2) is 11.5 Å². The van der Waals surface area contributed by atoms with Crippen LogP contribution in [0.3, 0.4) is 0 Å². The summed E-state index contributed by atoms with van der Waals surface area (Å²) in [5.41, 5.74) is 4.24. The van der Waals surface area contributed by atoms with Gasteiger partial charge in [-0.1, -0.05) is 12.1 Å². The molecule has 0 aliphatic rings. The number of rotatable bonds is 9. The van der Waals surface area contributed by atoms with Crippen LogP contribution < -0.4 is 19.6 Å². The number of hydrogen-bond donors (Lipinski definition) is 1. The van der Waals surface area contributed by atoms with Crippen LogP contribution in [0, 0.1) is 3.57 Å². The van der Waals surface area contributed by atoms with Crippen LogP contribution in [0.25, 0.3) is 0 Å². The highest BCUT2D eigenvalue weighted by Gasteiger charge is 2.12. The minimum Gasteiger partial charge on any atom is -0.494 e. The van der Waals surface area contributed by atoms with Gasteiger partial charge in [0.05, 0.1) is 36.0 Å². The molecule has 0 heterocycles. The Morgan fingerprint density at radius 2 is 1.96 bits per heavy atom. The molecule has 7 heteroatoms. The summed E-state index contributed by atoms with van der Waals surface area (Å²) in [4.78, 5) is 12.1. The topological polar surface area (TPSA) is 69.2 Å². The largest absolute Gasteiger partial charge is 0.494 e. The first-order chi connectivity index (χ1) is 13.4. The summed E-state index contributed by atoms with van der Waals surface area (Å²) in [6.07, 6.45) is 1.87. The lowest BCUT2D eigenvalue weighted by molar-refractivity contribution is -0.120. The first kappa shape index (κ1) is 22.0. The van der Waals surface area contributed by atoms with E-state index in [1.165, 1.54) is 0 Å². The predicted octanol–water partition coefficient (Wildman–Crippen LogP) is 4.18. The van der Waals surface area contributed by atoms with Crippen molar-refractivity contribution >= 4 is 34.7 Å². The van der Waals surface area contributed by atoms with Crippen LogP contribution in [-0.2, 0) is 11.2 Å². The Labute approximate surface area is 179 Å².